The van der Waals surface area contributed by atoms with E-state index in [1.807, 2.05) is 23.3 Å². The van der Waals surface area contributed by atoms with Gasteiger partial charge in [0.25, 0.3) is 0 Å². The van der Waals surface area contributed by atoms with Crippen molar-refractivity contribution in [3.63, 3.8) is 0 Å². The van der Waals surface area contributed by atoms with Crippen LogP contribution < -0.4 is 0 Å². The third kappa shape index (κ3) is 1.50. The van der Waals surface area contributed by atoms with E-state index in [-0.39, 0.29) is 0 Å². The van der Waals surface area contributed by atoms with Gasteiger partial charge in [-0.1, -0.05) is 0 Å². The van der Waals surface area contributed by atoms with Crippen LogP contribution >= 0.6 is 11.3 Å². The first kappa shape index (κ1) is 7.42. The van der Waals surface area contributed by atoms with Crippen LogP contribution in [0.5, 0.6) is 0 Å². The maximum Gasteiger partial charge on any atom is 0.147 e. The Kier molecular flexibility index (Phi) is 1.87. The Morgan fingerprint density at radius 2 is 2.50 bits per heavy atom. The van der Waals surface area contributed by atoms with Crippen LogP contribution in [0.2, 0.25) is 0 Å². The fourth-order valence-corrected chi connectivity index (χ4v) is 1.53. The van der Waals surface area contributed by atoms with Crippen LogP contribution in [-0.4, -0.2) is 19.7 Å². The minimum Gasteiger partial charge on any atom is -0.253 e. The minimum atomic E-state index is 0.769. The molecule has 2 rings (SSSR count). The Balaban J connectivity index is 2.14. The van der Waals surface area contributed by atoms with E-state index < -0.39 is 0 Å². The summed E-state index contributed by atoms with van der Waals surface area (Å²) < 4.78 is 1.81. The van der Waals surface area contributed by atoms with Crippen molar-refractivity contribution in [2.45, 2.75) is 13.5 Å². The Bertz CT molecular complexity index is 351. The van der Waals surface area contributed by atoms with Crippen LogP contribution in [0.4, 0.5) is 0 Å². The van der Waals surface area contributed by atoms with Crippen molar-refractivity contribution in [3.8, 4) is 0 Å². The number of hydrogen-bond donors (Lipinski definition) is 0. The van der Waals surface area contributed by atoms with Crippen molar-refractivity contribution in [3.05, 3.63) is 28.7 Å². The number of nitrogens with zero attached hydrogens (tertiary/aromatic N) is 4. The molecule has 0 aliphatic carbocycles. The number of thiazole rings is 1. The number of hydrogen-bond acceptors (Lipinski definition) is 4. The molecule has 0 saturated carbocycles. The van der Waals surface area contributed by atoms with Crippen molar-refractivity contribution in [1.29, 1.82) is 0 Å². The molecular formula is C7H8N4S. The molecule has 0 spiro atoms. The second-order valence-electron chi connectivity index (χ2n) is 2.46. The highest BCUT2D eigenvalue weighted by atomic mass is 32.1. The maximum atomic E-state index is 4.17. The molecular weight excluding hydrogens is 172 g/mol. The molecule has 0 fully saturated rings. The standard InChI is InChI=1S/C7H8N4S/c1-6-9-4-11(10-6)3-7-2-8-5-12-7/h2,4-5H,3H2,1H3. The molecule has 0 unspecified atom stereocenters. The molecule has 0 bridgehead atoms. The molecule has 0 saturated heterocycles. The molecule has 2 heterocycles. The first-order valence-electron chi connectivity index (χ1n) is 3.58. The third-order valence-electron chi connectivity index (χ3n) is 1.45. The normalized spacial score (nSPS) is 10.4. The van der Waals surface area contributed by atoms with Crippen molar-refractivity contribution >= 4 is 11.3 Å². The van der Waals surface area contributed by atoms with E-state index in [2.05, 4.69) is 15.1 Å². The van der Waals surface area contributed by atoms with Crippen LogP contribution in [0.15, 0.2) is 18.0 Å². The second kappa shape index (κ2) is 3.02. The second-order valence-corrected chi connectivity index (χ2v) is 3.43. The van der Waals surface area contributed by atoms with E-state index in [0.717, 1.165) is 12.4 Å². The SMILES string of the molecule is Cc1ncn(Cc2cncs2)n1. The van der Waals surface area contributed by atoms with Gasteiger partial charge in [0.1, 0.15) is 12.2 Å². The summed E-state index contributed by atoms with van der Waals surface area (Å²) in [5.74, 6) is 0.805. The Morgan fingerprint density at radius 1 is 1.58 bits per heavy atom. The number of rotatable bonds is 2. The molecule has 2 aromatic rings. The van der Waals surface area contributed by atoms with Gasteiger partial charge in [0.15, 0.2) is 0 Å². The van der Waals surface area contributed by atoms with E-state index in [9.17, 15) is 0 Å². The summed E-state index contributed by atoms with van der Waals surface area (Å²) >= 11 is 1.63. The quantitative estimate of drug-likeness (QED) is 0.695. The number of aromatic nitrogens is 4. The highest BCUT2D eigenvalue weighted by Gasteiger charge is 1.97. The molecule has 0 amide bonds. The lowest BCUT2D eigenvalue weighted by Gasteiger charge is -1.93. The zero-order valence-corrected chi connectivity index (χ0v) is 7.45. The first-order chi connectivity index (χ1) is 5.84. The fourth-order valence-electron chi connectivity index (χ4n) is 0.944. The van der Waals surface area contributed by atoms with Gasteiger partial charge in [-0.25, -0.2) is 9.67 Å². The van der Waals surface area contributed by atoms with E-state index in [1.165, 1.54) is 4.88 Å². The van der Waals surface area contributed by atoms with Gasteiger partial charge in [-0.05, 0) is 6.92 Å². The van der Waals surface area contributed by atoms with Gasteiger partial charge >= 0.3 is 0 Å². The molecule has 12 heavy (non-hydrogen) atoms. The van der Waals surface area contributed by atoms with Gasteiger partial charge in [0.05, 0.1) is 12.1 Å². The van der Waals surface area contributed by atoms with Crippen molar-refractivity contribution in [2.75, 3.05) is 0 Å². The molecule has 4 nitrogen and oxygen atoms in total. The topological polar surface area (TPSA) is 43.6 Å². The summed E-state index contributed by atoms with van der Waals surface area (Å²) in [7, 11) is 0. The van der Waals surface area contributed by atoms with Gasteiger partial charge in [0, 0.05) is 11.1 Å². The van der Waals surface area contributed by atoms with Crippen LogP contribution in [0.1, 0.15) is 10.7 Å². The molecule has 0 aromatic carbocycles. The average Bonchev–Trinajstić information content (AvgIpc) is 2.63. The van der Waals surface area contributed by atoms with Crippen LogP contribution in [0.25, 0.3) is 0 Å². The predicted molar refractivity (Wildman–Crippen MR) is 46.0 cm³/mol. The summed E-state index contributed by atoms with van der Waals surface area (Å²) in [5.41, 5.74) is 1.82. The van der Waals surface area contributed by atoms with Gasteiger partial charge in [0.2, 0.25) is 0 Å². The molecule has 5 heteroatoms. The predicted octanol–water partition coefficient (Wildman–Crippen LogP) is 1.09. The van der Waals surface area contributed by atoms with E-state index in [4.69, 9.17) is 0 Å². The van der Waals surface area contributed by atoms with Crippen LogP contribution in [0.3, 0.4) is 0 Å². The van der Waals surface area contributed by atoms with Crippen molar-refractivity contribution < 1.29 is 0 Å². The zero-order chi connectivity index (χ0) is 8.39. The highest BCUT2D eigenvalue weighted by molar-refractivity contribution is 7.09. The molecule has 0 radical (unpaired) electrons. The van der Waals surface area contributed by atoms with Gasteiger partial charge in [-0.2, -0.15) is 5.10 Å². The van der Waals surface area contributed by atoms with E-state index >= 15 is 0 Å². The van der Waals surface area contributed by atoms with Crippen LogP contribution in [0, 0.1) is 6.92 Å². The lowest BCUT2D eigenvalue weighted by molar-refractivity contribution is 0.685. The largest absolute Gasteiger partial charge is 0.253 e. The molecule has 0 aliphatic heterocycles. The Morgan fingerprint density at radius 3 is 3.08 bits per heavy atom. The third-order valence-corrected chi connectivity index (χ3v) is 2.22. The fraction of sp³-hybridized carbons (Fsp3) is 0.286. The smallest absolute Gasteiger partial charge is 0.147 e. The summed E-state index contributed by atoms with van der Waals surface area (Å²) in [6.07, 6.45) is 3.58. The minimum absolute atomic E-state index is 0.769. The van der Waals surface area contributed by atoms with Gasteiger partial charge in [-0.3, -0.25) is 4.98 Å². The lowest BCUT2D eigenvalue weighted by Crippen LogP contribution is -1.98. The van der Waals surface area contributed by atoms with Crippen molar-refractivity contribution in [2.24, 2.45) is 0 Å². The number of aryl methyl sites for hydroxylation is 1. The van der Waals surface area contributed by atoms with E-state index in [1.54, 1.807) is 17.7 Å². The summed E-state index contributed by atoms with van der Waals surface area (Å²) in [5, 5.41) is 4.17. The molecule has 2 aromatic heterocycles. The summed E-state index contributed by atoms with van der Waals surface area (Å²) in [4.78, 5) is 9.21. The molecule has 62 valence electrons. The van der Waals surface area contributed by atoms with Crippen molar-refractivity contribution in [1.82, 2.24) is 19.7 Å². The van der Waals surface area contributed by atoms with Gasteiger partial charge < -0.3 is 0 Å². The maximum absolute atomic E-state index is 4.17. The first-order valence-corrected chi connectivity index (χ1v) is 4.46. The highest BCUT2D eigenvalue weighted by Crippen LogP contribution is 2.06. The average molecular weight is 180 g/mol. The summed E-state index contributed by atoms with van der Waals surface area (Å²) in [6.45, 7) is 2.65. The lowest BCUT2D eigenvalue weighted by atomic mass is 10.5. The Hall–Kier alpha value is -1.23. The zero-order valence-electron chi connectivity index (χ0n) is 6.64. The molecule has 0 aliphatic rings. The van der Waals surface area contributed by atoms with E-state index in [0.29, 0.717) is 0 Å². The molecule has 0 atom stereocenters. The van der Waals surface area contributed by atoms with Gasteiger partial charge in [-0.15, -0.1) is 11.3 Å². The van der Waals surface area contributed by atoms with Crippen LogP contribution in [-0.2, 0) is 6.54 Å². The summed E-state index contributed by atoms with van der Waals surface area (Å²) in [6, 6.07) is 0. The Labute approximate surface area is 73.9 Å². The molecule has 0 N–H and O–H groups in total. The monoisotopic (exact) mass is 180 g/mol.